The molecule has 0 bridgehead atoms. The first-order chi connectivity index (χ1) is 16.9. The summed E-state index contributed by atoms with van der Waals surface area (Å²) in [6.45, 7) is 2.03. The van der Waals surface area contributed by atoms with Crippen LogP contribution in [-0.4, -0.2) is 25.8 Å². The Bertz CT molecular complexity index is 1190. The summed E-state index contributed by atoms with van der Waals surface area (Å²) in [6.07, 6.45) is 3.35. The molecule has 0 saturated heterocycles. The number of carbonyl (C=O) groups excluding carboxylic acids is 1. The minimum Gasteiger partial charge on any atom is -0.491 e. The summed E-state index contributed by atoms with van der Waals surface area (Å²) in [4.78, 5) is 12.4. The van der Waals surface area contributed by atoms with E-state index in [1.165, 1.54) is 24.3 Å². The molecule has 3 aromatic rings. The van der Waals surface area contributed by atoms with Crippen molar-refractivity contribution in [2.24, 2.45) is 0 Å². The lowest BCUT2D eigenvalue weighted by Crippen LogP contribution is -2.20. The van der Waals surface area contributed by atoms with Crippen molar-refractivity contribution in [1.82, 2.24) is 0 Å². The van der Waals surface area contributed by atoms with Crippen LogP contribution in [0.1, 0.15) is 54.4 Å². The molecule has 0 aliphatic heterocycles. The summed E-state index contributed by atoms with van der Waals surface area (Å²) in [6, 6.07) is 13.1. The molecule has 0 unspecified atom stereocenters. The molecule has 1 aliphatic rings. The second kappa shape index (κ2) is 11.0. The van der Waals surface area contributed by atoms with Gasteiger partial charge in [0, 0.05) is 12.7 Å². The Morgan fingerprint density at radius 2 is 1.63 bits per heavy atom. The van der Waals surface area contributed by atoms with Crippen LogP contribution in [0.15, 0.2) is 54.6 Å². The molecule has 7 heteroatoms. The number of esters is 1. The van der Waals surface area contributed by atoms with Crippen molar-refractivity contribution in [2.45, 2.75) is 44.6 Å². The van der Waals surface area contributed by atoms with Crippen LogP contribution < -0.4 is 9.47 Å². The third-order valence-corrected chi connectivity index (χ3v) is 6.40. The molecule has 4 nitrogen and oxygen atoms in total. The Morgan fingerprint density at radius 1 is 0.914 bits per heavy atom. The van der Waals surface area contributed by atoms with Gasteiger partial charge in [0.2, 0.25) is 0 Å². The number of hydrogen-bond acceptors (Lipinski definition) is 4. The fourth-order valence-electron chi connectivity index (χ4n) is 4.48. The van der Waals surface area contributed by atoms with Crippen LogP contribution in [0.5, 0.6) is 11.5 Å². The maximum Gasteiger partial charge on any atom is 0.343 e. The van der Waals surface area contributed by atoms with Crippen LogP contribution in [0, 0.1) is 17.5 Å². The predicted octanol–water partition coefficient (Wildman–Crippen LogP) is 7.06. The number of ether oxygens (including phenoxy) is 3. The van der Waals surface area contributed by atoms with Gasteiger partial charge in [-0.25, -0.2) is 18.0 Å². The number of carbonyl (C=O) groups is 1. The summed E-state index contributed by atoms with van der Waals surface area (Å²) in [5, 5.41) is 0. The zero-order valence-electron chi connectivity index (χ0n) is 19.7. The highest BCUT2D eigenvalue weighted by Crippen LogP contribution is 2.38. The van der Waals surface area contributed by atoms with Crippen LogP contribution in [-0.2, 0) is 4.74 Å². The van der Waals surface area contributed by atoms with Crippen LogP contribution in [0.4, 0.5) is 13.2 Å². The maximum atomic E-state index is 15.0. The van der Waals surface area contributed by atoms with E-state index in [9.17, 15) is 18.0 Å². The number of halogens is 3. The van der Waals surface area contributed by atoms with Gasteiger partial charge in [-0.05, 0) is 80.0 Å². The quantitative estimate of drug-likeness (QED) is 0.266. The zero-order valence-corrected chi connectivity index (χ0v) is 19.7. The van der Waals surface area contributed by atoms with E-state index in [1.54, 1.807) is 38.3 Å². The molecule has 1 aliphatic carbocycles. The smallest absolute Gasteiger partial charge is 0.343 e. The van der Waals surface area contributed by atoms with Gasteiger partial charge in [-0.15, -0.1) is 0 Å². The SMILES string of the molecule is CCOc1ccc(C(=O)Oc2ccc(-c3ccc(C4CCC(OC)CC4)c(F)c3F)cc2)cc1F. The number of benzene rings is 3. The van der Waals surface area contributed by atoms with Gasteiger partial charge >= 0.3 is 5.97 Å². The summed E-state index contributed by atoms with van der Waals surface area (Å²) in [5.41, 5.74) is 0.999. The van der Waals surface area contributed by atoms with Crippen molar-refractivity contribution in [3.63, 3.8) is 0 Å². The number of hydrogen-bond donors (Lipinski definition) is 0. The molecule has 0 radical (unpaired) electrons. The largest absolute Gasteiger partial charge is 0.491 e. The molecule has 1 fully saturated rings. The highest BCUT2D eigenvalue weighted by molar-refractivity contribution is 5.91. The molecule has 4 rings (SSSR count). The molecule has 0 heterocycles. The Hall–Kier alpha value is -3.32. The van der Waals surface area contributed by atoms with Crippen molar-refractivity contribution in [1.29, 1.82) is 0 Å². The predicted molar refractivity (Wildman–Crippen MR) is 126 cm³/mol. The molecule has 0 aromatic heterocycles. The lowest BCUT2D eigenvalue weighted by Gasteiger charge is -2.28. The third-order valence-electron chi connectivity index (χ3n) is 6.40. The van der Waals surface area contributed by atoms with Crippen molar-refractivity contribution in [2.75, 3.05) is 13.7 Å². The van der Waals surface area contributed by atoms with Gasteiger partial charge in [0.05, 0.1) is 18.3 Å². The van der Waals surface area contributed by atoms with E-state index in [2.05, 4.69) is 0 Å². The maximum absolute atomic E-state index is 15.0. The molecule has 0 spiro atoms. The van der Waals surface area contributed by atoms with Gasteiger partial charge in [0.15, 0.2) is 23.2 Å². The molecular weight excluding hydrogens is 457 g/mol. The normalized spacial score (nSPS) is 17.7. The van der Waals surface area contributed by atoms with Crippen molar-refractivity contribution >= 4 is 5.97 Å². The van der Waals surface area contributed by atoms with Crippen molar-refractivity contribution in [3.8, 4) is 22.6 Å². The van der Waals surface area contributed by atoms with Gasteiger partial charge in [-0.1, -0.05) is 24.3 Å². The van der Waals surface area contributed by atoms with E-state index in [-0.39, 0.29) is 34.6 Å². The van der Waals surface area contributed by atoms with Crippen LogP contribution >= 0.6 is 0 Å². The molecule has 0 N–H and O–H groups in total. The molecule has 184 valence electrons. The van der Waals surface area contributed by atoms with Crippen LogP contribution in [0.25, 0.3) is 11.1 Å². The van der Waals surface area contributed by atoms with E-state index in [0.29, 0.717) is 17.7 Å². The van der Waals surface area contributed by atoms with Gasteiger partial charge in [-0.2, -0.15) is 0 Å². The van der Waals surface area contributed by atoms with Crippen LogP contribution in [0.3, 0.4) is 0 Å². The molecule has 0 atom stereocenters. The van der Waals surface area contributed by atoms with E-state index in [4.69, 9.17) is 14.2 Å². The number of rotatable bonds is 7. The Labute approximate surface area is 202 Å². The van der Waals surface area contributed by atoms with E-state index < -0.39 is 23.4 Å². The van der Waals surface area contributed by atoms with E-state index >= 15 is 0 Å². The first-order valence-corrected chi connectivity index (χ1v) is 11.7. The summed E-state index contributed by atoms with van der Waals surface area (Å²) in [5.74, 6) is -2.91. The summed E-state index contributed by atoms with van der Waals surface area (Å²) < 4.78 is 59.7. The van der Waals surface area contributed by atoms with Gasteiger partial charge in [0.25, 0.3) is 0 Å². The third kappa shape index (κ3) is 5.51. The monoisotopic (exact) mass is 484 g/mol. The van der Waals surface area contributed by atoms with Gasteiger partial charge in [-0.3, -0.25) is 0 Å². The zero-order chi connectivity index (χ0) is 24.9. The first kappa shape index (κ1) is 24.8. The Balaban J connectivity index is 1.46. The molecule has 0 amide bonds. The average Bonchev–Trinajstić information content (AvgIpc) is 2.87. The highest BCUT2D eigenvalue weighted by Gasteiger charge is 2.26. The Kier molecular flexibility index (Phi) is 7.76. The highest BCUT2D eigenvalue weighted by atomic mass is 19.2. The standard InChI is InChI=1S/C28H27F3O4/c1-3-34-25-15-8-19(16-24(25)29)28(32)35-21-11-6-18(7-12-21)23-14-13-22(26(30)27(23)31)17-4-9-20(33-2)10-5-17/h6-8,11-17,20H,3-5,9-10H2,1-2H3. The molecule has 1 saturated carbocycles. The topological polar surface area (TPSA) is 44.8 Å². The second-order valence-corrected chi connectivity index (χ2v) is 8.53. The first-order valence-electron chi connectivity index (χ1n) is 11.7. The van der Waals surface area contributed by atoms with Crippen molar-refractivity contribution in [3.05, 3.63) is 83.2 Å². The van der Waals surface area contributed by atoms with E-state index in [1.807, 2.05) is 0 Å². The molecule has 35 heavy (non-hydrogen) atoms. The van der Waals surface area contributed by atoms with Gasteiger partial charge in [0.1, 0.15) is 5.75 Å². The minimum absolute atomic E-state index is 0.0262. The Morgan fingerprint density at radius 3 is 2.26 bits per heavy atom. The van der Waals surface area contributed by atoms with E-state index in [0.717, 1.165) is 31.7 Å². The lowest BCUT2D eigenvalue weighted by atomic mass is 9.82. The lowest BCUT2D eigenvalue weighted by molar-refractivity contribution is 0.0655. The fraction of sp³-hybridized carbons (Fsp3) is 0.321. The van der Waals surface area contributed by atoms with Gasteiger partial charge < -0.3 is 14.2 Å². The second-order valence-electron chi connectivity index (χ2n) is 8.53. The minimum atomic E-state index is -0.897. The molecule has 3 aromatic carbocycles. The average molecular weight is 485 g/mol. The summed E-state index contributed by atoms with van der Waals surface area (Å²) in [7, 11) is 1.67. The van der Waals surface area contributed by atoms with Crippen molar-refractivity contribution < 1.29 is 32.2 Å². The molecular formula is C28H27F3O4. The number of methoxy groups -OCH3 is 1. The van der Waals surface area contributed by atoms with Crippen LogP contribution in [0.2, 0.25) is 0 Å². The summed E-state index contributed by atoms with van der Waals surface area (Å²) >= 11 is 0. The fourth-order valence-corrected chi connectivity index (χ4v) is 4.48.